The van der Waals surface area contributed by atoms with Gasteiger partial charge in [0.15, 0.2) is 0 Å². The molecule has 1 atom stereocenters. The van der Waals surface area contributed by atoms with Gasteiger partial charge in [0.05, 0.1) is 13.5 Å². The quantitative estimate of drug-likeness (QED) is 0.485. The topological polar surface area (TPSA) is 87.3 Å². The number of carbonyl (C=O) groups excluding carboxylic acids is 3. The molecule has 3 amide bonds. The molecule has 2 aromatic heterocycles. The Labute approximate surface area is 178 Å². The third-order valence-electron chi connectivity index (χ3n) is 3.67. The summed E-state index contributed by atoms with van der Waals surface area (Å²) in [6, 6.07) is 13.1. The van der Waals surface area contributed by atoms with E-state index in [1.165, 1.54) is 22.7 Å². The molecular weight excluding hydrogens is 462 g/mol. The summed E-state index contributed by atoms with van der Waals surface area (Å²) in [5.74, 6) is -0.873. The fourth-order valence-electron chi connectivity index (χ4n) is 2.30. The number of nitrogens with one attached hydrogen (secondary N) is 3. The van der Waals surface area contributed by atoms with E-state index < -0.39 is 6.04 Å². The maximum Gasteiger partial charge on any atom is 0.265 e. The van der Waals surface area contributed by atoms with Crippen LogP contribution in [0.15, 0.2) is 57.7 Å². The molecule has 3 rings (SSSR count). The number of hydrogen-bond donors (Lipinski definition) is 3. The summed E-state index contributed by atoms with van der Waals surface area (Å²) in [5, 5.41) is 10.0. The zero-order valence-electron chi connectivity index (χ0n) is 14.7. The van der Waals surface area contributed by atoms with Crippen LogP contribution in [0.4, 0.5) is 11.4 Å². The zero-order chi connectivity index (χ0) is 20.1. The lowest BCUT2D eigenvalue weighted by molar-refractivity contribution is -0.117. The zero-order valence-corrected chi connectivity index (χ0v) is 17.9. The van der Waals surface area contributed by atoms with Crippen LogP contribution in [0.1, 0.15) is 26.3 Å². The van der Waals surface area contributed by atoms with Gasteiger partial charge in [-0.1, -0.05) is 12.1 Å². The molecule has 0 saturated carbocycles. The van der Waals surface area contributed by atoms with E-state index in [4.69, 9.17) is 0 Å². The van der Waals surface area contributed by atoms with Crippen LogP contribution >= 0.6 is 38.6 Å². The van der Waals surface area contributed by atoms with Crippen molar-refractivity contribution >= 4 is 67.7 Å². The van der Waals surface area contributed by atoms with Crippen molar-refractivity contribution in [3.63, 3.8) is 0 Å². The Morgan fingerprint density at radius 1 is 0.929 bits per heavy atom. The number of anilines is 2. The molecule has 0 spiro atoms. The van der Waals surface area contributed by atoms with Crippen LogP contribution in [0.2, 0.25) is 0 Å². The fraction of sp³-hybridized carbons (Fsp3) is 0.105. The second kappa shape index (κ2) is 9.13. The Morgan fingerprint density at radius 2 is 1.68 bits per heavy atom. The molecule has 3 aromatic rings. The van der Waals surface area contributed by atoms with Gasteiger partial charge in [0.25, 0.3) is 11.8 Å². The third kappa shape index (κ3) is 5.28. The van der Waals surface area contributed by atoms with E-state index >= 15 is 0 Å². The van der Waals surface area contributed by atoms with Gasteiger partial charge in [-0.3, -0.25) is 14.4 Å². The monoisotopic (exact) mass is 477 g/mol. The summed E-state index contributed by atoms with van der Waals surface area (Å²) in [6.07, 6.45) is 0. The molecule has 3 N–H and O–H groups in total. The highest BCUT2D eigenvalue weighted by Crippen LogP contribution is 2.22. The van der Waals surface area contributed by atoms with E-state index in [0.29, 0.717) is 21.1 Å². The molecule has 28 heavy (non-hydrogen) atoms. The highest BCUT2D eigenvalue weighted by molar-refractivity contribution is 9.11. The highest BCUT2D eigenvalue weighted by Gasteiger charge is 2.18. The Hall–Kier alpha value is -2.49. The van der Waals surface area contributed by atoms with Crippen molar-refractivity contribution in [2.24, 2.45) is 0 Å². The van der Waals surface area contributed by atoms with Gasteiger partial charge in [0, 0.05) is 11.4 Å². The van der Waals surface area contributed by atoms with Gasteiger partial charge < -0.3 is 16.0 Å². The molecule has 0 radical (unpaired) electrons. The minimum absolute atomic E-state index is 0.207. The minimum atomic E-state index is -0.724. The standard InChI is InChI=1S/C19H16BrN3O3S2/c1-11(21-19(26)15-7-8-16(20)28-15)17(24)22-12-4-2-5-13(10-12)23-18(25)14-6-3-9-27-14/h2-11H,1H3,(H,21,26)(H,22,24)(H,23,25). The van der Waals surface area contributed by atoms with E-state index in [9.17, 15) is 14.4 Å². The molecule has 0 aliphatic heterocycles. The lowest BCUT2D eigenvalue weighted by atomic mass is 10.2. The molecule has 2 heterocycles. The van der Waals surface area contributed by atoms with Crippen molar-refractivity contribution in [2.75, 3.05) is 10.6 Å². The van der Waals surface area contributed by atoms with Crippen molar-refractivity contribution in [1.29, 1.82) is 0 Å². The molecule has 0 fully saturated rings. The first-order valence-corrected chi connectivity index (χ1v) is 10.7. The van der Waals surface area contributed by atoms with Crippen LogP contribution < -0.4 is 16.0 Å². The Kier molecular flexibility index (Phi) is 6.61. The smallest absolute Gasteiger partial charge is 0.265 e. The Balaban J connectivity index is 1.59. The fourth-order valence-corrected chi connectivity index (χ4v) is 4.20. The summed E-state index contributed by atoms with van der Waals surface area (Å²) in [7, 11) is 0. The third-order valence-corrected chi connectivity index (χ3v) is 6.16. The van der Waals surface area contributed by atoms with Crippen molar-refractivity contribution in [2.45, 2.75) is 13.0 Å². The predicted octanol–water partition coefficient (Wildman–Crippen LogP) is 4.58. The number of carbonyl (C=O) groups is 3. The molecule has 0 aliphatic carbocycles. The lowest BCUT2D eigenvalue weighted by Crippen LogP contribution is -2.41. The first-order valence-electron chi connectivity index (χ1n) is 8.24. The number of rotatable bonds is 6. The van der Waals surface area contributed by atoms with Crippen molar-refractivity contribution in [3.8, 4) is 0 Å². The van der Waals surface area contributed by atoms with Crippen LogP contribution in [-0.2, 0) is 4.79 Å². The van der Waals surface area contributed by atoms with E-state index in [2.05, 4.69) is 31.9 Å². The van der Waals surface area contributed by atoms with Crippen LogP contribution in [0, 0.1) is 0 Å². The van der Waals surface area contributed by atoms with E-state index in [1.807, 2.05) is 5.38 Å². The normalized spacial score (nSPS) is 11.5. The van der Waals surface area contributed by atoms with Gasteiger partial charge in [-0.2, -0.15) is 0 Å². The molecular formula is C19H16BrN3O3S2. The van der Waals surface area contributed by atoms with Gasteiger partial charge in [0.1, 0.15) is 6.04 Å². The molecule has 6 nitrogen and oxygen atoms in total. The van der Waals surface area contributed by atoms with Gasteiger partial charge >= 0.3 is 0 Å². The minimum Gasteiger partial charge on any atom is -0.340 e. The summed E-state index contributed by atoms with van der Waals surface area (Å²) in [6.45, 7) is 1.61. The number of amides is 3. The number of halogens is 1. The van der Waals surface area contributed by atoms with E-state index in [0.717, 1.165) is 3.79 Å². The number of hydrogen-bond acceptors (Lipinski definition) is 5. The van der Waals surface area contributed by atoms with Crippen molar-refractivity contribution < 1.29 is 14.4 Å². The van der Waals surface area contributed by atoms with Crippen molar-refractivity contribution in [3.05, 3.63) is 67.5 Å². The summed E-state index contributed by atoms with van der Waals surface area (Å²) < 4.78 is 0.844. The maximum atomic E-state index is 12.4. The molecule has 0 bridgehead atoms. The molecule has 9 heteroatoms. The van der Waals surface area contributed by atoms with Gasteiger partial charge in [-0.25, -0.2) is 0 Å². The molecule has 1 aromatic carbocycles. The molecule has 0 saturated heterocycles. The molecule has 144 valence electrons. The average Bonchev–Trinajstić information content (AvgIpc) is 3.33. The number of benzene rings is 1. The Bertz CT molecular complexity index is 1000. The van der Waals surface area contributed by atoms with E-state index in [1.54, 1.807) is 55.5 Å². The van der Waals surface area contributed by atoms with Gasteiger partial charge in [-0.05, 0) is 64.6 Å². The largest absolute Gasteiger partial charge is 0.340 e. The highest BCUT2D eigenvalue weighted by atomic mass is 79.9. The van der Waals surface area contributed by atoms with Crippen LogP contribution in [-0.4, -0.2) is 23.8 Å². The first-order chi connectivity index (χ1) is 13.4. The van der Waals surface area contributed by atoms with Crippen LogP contribution in [0.3, 0.4) is 0 Å². The summed E-state index contributed by atoms with van der Waals surface area (Å²) in [4.78, 5) is 37.8. The average molecular weight is 478 g/mol. The van der Waals surface area contributed by atoms with Crippen LogP contribution in [0.5, 0.6) is 0 Å². The van der Waals surface area contributed by atoms with Crippen molar-refractivity contribution in [1.82, 2.24) is 5.32 Å². The summed E-state index contributed by atoms with van der Waals surface area (Å²) in [5.41, 5.74) is 1.09. The lowest BCUT2D eigenvalue weighted by Gasteiger charge is -2.14. The van der Waals surface area contributed by atoms with Gasteiger partial charge in [-0.15, -0.1) is 22.7 Å². The number of thiophene rings is 2. The Morgan fingerprint density at radius 3 is 2.32 bits per heavy atom. The first kappa shape index (κ1) is 20.2. The SMILES string of the molecule is CC(NC(=O)c1ccc(Br)s1)C(=O)Nc1cccc(NC(=O)c2cccs2)c1. The maximum absolute atomic E-state index is 12.4. The molecule has 1 unspecified atom stereocenters. The second-order valence-electron chi connectivity index (χ2n) is 5.80. The van der Waals surface area contributed by atoms with Gasteiger partial charge in [0.2, 0.25) is 5.91 Å². The summed E-state index contributed by atoms with van der Waals surface area (Å²) >= 11 is 5.95. The molecule has 0 aliphatic rings. The van der Waals surface area contributed by atoms with Crippen LogP contribution in [0.25, 0.3) is 0 Å². The predicted molar refractivity (Wildman–Crippen MR) is 116 cm³/mol. The van der Waals surface area contributed by atoms with E-state index in [-0.39, 0.29) is 17.7 Å². The second-order valence-corrected chi connectivity index (χ2v) is 9.21.